The maximum absolute atomic E-state index is 12.2. The van der Waals surface area contributed by atoms with Crippen molar-refractivity contribution in [3.8, 4) is 16.8 Å². The molecule has 1 N–H and O–H groups in total. The van der Waals surface area contributed by atoms with Crippen LogP contribution in [0.15, 0.2) is 55.1 Å². The summed E-state index contributed by atoms with van der Waals surface area (Å²) in [4.78, 5) is 16.3. The van der Waals surface area contributed by atoms with Gasteiger partial charge < -0.3 is 5.32 Å². The van der Waals surface area contributed by atoms with E-state index in [1.54, 1.807) is 35.4 Å². The summed E-state index contributed by atoms with van der Waals surface area (Å²) in [5.74, 6) is -0.0601. The molecular formula is C18H15ClN4O. The fourth-order valence-electron chi connectivity index (χ4n) is 2.48. The lowest BCUT2D eigenvalue weighted by Gasteiger charge is -2.07. The standard InChI is InChI=1S/C18H15ClN4O/c19-17-6-3-12(18(24)22-14-4-5-14)8-16(17)13-9-21-23(11-13)15-2-1-7-20-10-15/h1-3,6-11,14H,4-5H2,(H,22,24). The van der Waals surface area contributed by atoms with Crippen LogP contribution >= 0.6 is 11.6 Å². The van der Waals surface area contributed by atoms with Gasteiger partial charge in [0.1, 0.15) is 0 Å². The third kappa shape index (κ3) is 3.03. The van der Waals surface area contributed by atoms with Crippen LogP contribution in [0.4, 0.5) is 0 Å². The van der Waals surface area contributed by atoms with Crippen molar-refractivity contribution in [1.29, 1.82) is 0 Å². The second-order valence-corrected chi connectivity index (χ2v) is 6.23. The highest BCUT2D eigenvalue weighted by Crippen LogP contribution is 2.29. The molecule has 0 saturated heterocycles. The number of rotatable bonds is 4. The van der Waals surface area contributed by atoms with Crippen molar-refractivity contribution in [1.82, 2.24) is 20.1 Å². The van der Waals surface area contributed by atoms with Crippen molar-refractivity contribution in [2.24, 2.45) is 0 Å². The van der Waals surface area contributed by atoms with Gasteiger partial charge in [-0.25, -0.2) is 4.68 Å². The Labute approximate surface area is 144 Å². The van der Waals surface area contributed by atoms with Crippen LogP contribution in [0, 0.1) is 0 Å². The SMILES string of the molecule is O=C(NC1CC1)c1ccc(Cl)c(-c2cnn(-c3cccnc3)c2)c1. The molecule has 0 unspecified atom stereocenters. The lowest BCUT2D eigenvalue weighted by atomic mass is 10.1. The molecule has 0 bridgehead atoms. The highest BCUT2D eigenvalue weighted by atomic mass is 35.5. The molecule has 1 saturated carbocycles. The third-order valence-corrected chi connectivity index (χ3v) is 4.27. The molecule has 2 aromatic heterocycles. The Hall–Kier alpha value is -2.66. The molecule has 2 heterocycles. The Morgan fingerprint density at radius 2 is 2.12 bits per heavy atom. The molecule has 0 spiro atoms. The maximum atomic E-state index is 12.2. The van der Waals surface area contributed by atoms with Gasteiger partial charge in [0.2, 0.25) is 0 Å². The molecule has 1 amide bonds. The Kier molecular flexibility index (Phi) is 3.78. The molecule has 5 nitrogen and oxygen atoms in total. The highest BCUT2D eigenvalue weighted by Gasteiger charge is 2.24. The van der Waals surface area contributed by atoms with Crippen LogP contribution in [0.2, 0.25) is 5.02 Å². The van der Waals surface area contributed by atoms with Gasteiger partial charge >= 0.3 is 0 Å². The molecule has 1 fully saturated rings. The minimum Gasteiger partial charge on any atom is -0.349 e. The summed E-state index contributed by atoms with van der Waals surface area (Å²) in [5, 5.41) is 7.93. The van der Waals surface area contributed by atoms with E-state index in [2.05, 4.69) is 15.4 Å². The first kappa shape index (κ1) is 14.9. The van der Waals surface area contributed by atoms with Gasteiger partial charge in [0.15, 0.2) is 0 Å². The molecular weight excluding hydrogens is 324 g/mol. The molecule has 0 atom stereocenters. The maximum Gasteiger partial charge on any atom is 0.251 e. The van der Waals surface area contributed by atoms with E-state index < -0.39 is 0 Å². The second-order valence-electron chi connectivity index (χ2n) is 5.83. The number of aromatic nitrogens is 3. The molecule has 1 aliphatic carbocycles. The van der Waals surface area contributed by atoms with Gasteiger partial charge in [-0.1, -0.05) is 11.6 Å². The molecule has 24 heavy (non-hydrogen) atoms. The normalized spacial score (nSPS) is 13.7. The predicted octanol–water partition coefficient (Wildman–Crippen LogP) is 3.48. The summed E-state index contributed by atoms with van der Waals surface area (Å²) in [7, 11) is 0. The average molecular weight is 339 g/mol. The summed E-state index contributed by atoms with van der Waals surface area (Å²) in [6, 6.07) is 9.40. The van der Waals surface area contributed by atoms with Crippen molar-refractivity contribution in [3.05, 3.63) is 65.7 Å². The first-order chi connectivity index (χ1) is 11.7. The van der Waals surface area contributed by atoms with Crippen LogP contribution in [0.25, 0.3) is 16.8 Å². The van der Waals surface area contributed by atoms with Gasteiger partial charge in [0.25, 0.3) is 5.91 Å². The summed E-state index contributed by atoms with van der Waals surface area (Å²) in [5.41, 5.74) is 3.11. The Morgan fingerprint density at radius 1 is 1.25 bits per heavy atom. The van der Waals surface area contributed by atoms with Gasteiger partial charge in [0.05, 0.1) is 18.1 Å². The lowest BCUT2D eigenvalue weighted by molar-refractivity contribution is 0.0951. The lowest BCUT2D eigenvalue weighted by Crippen LogP contribution is -2.25. The van der Waals surface area contributed by atoms with Crippen LogP contribution in [-0.2, 0) is 0 Å². The van der Waals surface area contributed by atoms with Crippen molar-refractivity contribution >= 4 is 17.5 Å². The van der Waals surface area contributed by atoms with Gasteiger partial charge in [-0.15, -0.1) is 0 Å². The zero-order chi connectivity index (χ0) is 16.5. The molecule has 4 rings (SSSR count). The third-order valence-electron chi connectivity index (χ3n) is 3.95. The van der Waals surface area contributed by atoms with Gasteiger partial charge in [-0.3, -0.25) is 9.78 Å². The van der Waals surface area contributed by atoms with Crippen molar-refractivity contribution in [2.75, 3.05) is 0 Å². The smallest absolute Gasteiger partial charge is 0.251 e. The Morgan fingerprint density at radius 3 is 2.88 bits per heavy atom. The van der Waals surface area contributed by atoms with Gasteiger partial charge in [-0.05, 0) is 43.2 Å². The number of nitrogens with zero attached hydrogens (tertiary/aromatic N) is 3. The van der Waals surface area contributed by atoms with Crippen molar-refractivity contribution in [3.63, 3.8) is 0 Å². The van der Waals surface area contributed by atoms with Crippen LogP contribution in [-0.4, -0.2) is 26.7 Å². The number of hydrogen-bond acceptors (Lipinski definition) is 3. The second kappa shape index (κ2) is 6.09. The number of pyridine rings is 1. The molecule has 0 radical (unpaired) electrons. The van der Waals surface area contributed by atoms with Crippen LogP contribution < -0.4 is 5.32 Å². The number of hydrogen-bond donors (Lipinski definition) is 1. The summed E-state index contributed by atoms with van der Waals surface area (Å²) < 4.78 is 1.73. The van der Waals surface area contributed by atoms with E-state index in [1.807, 2.05) is 24.4 Å². The van der Waals surface area contributed by atoms with E-state index in [-0.39, 0.29) is 5.91 Å². The number of nitrogens with one attached hydrogen (secondary N) is 1. The molecule has 0 aliphatic heterocycles. The van der Waals surface area contributed by atoms with Gasteiger partial charge in [0, 0.05) is 40.1 Å². The number of benzene rings is 1. The Bertz CT molecular complexity index is 887. The number of halogens is 1. The van der Waals surface area contributed by atoms with E-state index in [1.165, 1.54) is 0 Å². The largest absolute Gasteiger partial charge is 0.349 e. The summed E-state index contributed by atoms with van der Waals surface area (Å²) in [6.07, 6.45) is 9.18. The predicted molar refractivity (Wildman–Crippen MR) is 92.3 cm³/mol. The first-order valence-corrected chi connectivity index (χ1v) is 8.14. The van der Waals surface area contributed by atoms with E-state index in [9.17, 15) is 4.79 Å². The molecule has 1 aliphatic rings. The number of carbonyl (C=O) groups excluding carboxylic acids is 1. The van der Waals surface area contributed by atoms with E-state index in [0.29, 0.717) is 16.6 Å². The van der Waals surface area contributed by atoms with Crippen LogP contribution in [0.3, 0.4) is 0 Å². The monoisotopic (exact) mass is 338 g/mol. The quantitative estimate of drug-likeness (QED) is 0.792. The zero-order valence-corrected chi connectivity index (χ0v) is 13.6. The average Bonchev–Trinajstić information content (AvgIpc) is 3.28. The minimum atomic E-state index is -0.0601. The fourth-order valence-corrected chi connectivity index (χ4v) is 2.70. The minimum absolute atomic E-state index is 0.0601. The number of carbonyl (C=O) groups is 1. The molecule has 6 heteroatoms. The van der Waals surface area contributed by atoms with Crippen molar-refractivity contribution in [2.45, 2.75) is 18.9 Å². The van der Waals surface area contributed by atoms with Crippen molar-refractivity contribution < 1.29 is 4.79 Å². The summed E-state index contributed by atoms with van der Waals surface area (Å²) >= 11 is 6.33. The topological polar surface area (TPSA) is 59.8 Å². The fraction of sp³-hybridized carbons (Fsp3) is 0.167. The zero-order valence-electron chi connectivity index (χ0n) is 12.8. The Balaban J connectivity index is 1.66. The first-order valence-electron chi connectivity index (χ1n) is 7.76. The van der Waals surface area contributed by atoms with E-state index >= 15 is 0 Å². The molecule has 3 aromatic rings. The highest BCUT2D eigenvalue weighted by molar-refractivity contribution is 6.33. The van der Waals surface area contributed by atoms with E-state index in [4.69, 9.17) is 11.6 Å². The number of amides is 1. The molecule has 120 valence electrons. The van der Waals surface area contributed by atoms with E-state index in [0.717, 1.165) is 29.7 Å². The summed E-state index contributed by atoms with van der Waals surface area (Å²) in [6.45, 7) is 0. The van der Waals surface area contributed by atoms with Crippen LogP contribution in [0.5, 0.6) is 0 Å². The molecule has 1 aromatic carbocycles. The van der Waals surface area contributed by atoms with Crippen LogP contribution in [0.1, 0.15) is 23.2 Å². The van der Waals surface area contributed by atoms with Gasteiger partial charge in [-0.2, -0.15) is 5.10 Å².